The van der Waals surface area contributed by atoms with E-state index >= 15 is 0 Å². The average molecular weight is 315 g/mol. The largest absolute Gasteiger partial charge is 0.454 e. The molecule has 4 rings (SSSR count). The highest BCUT2D eigenvalue weighted by Gasteiger charge is 2.27. The van der Waals surface area contributed by atoms with E-state index in [-0.39, 0.29) is 12.7 Å². The molecule has 0 saturated carbocycles. The second kappa shape index (κ2) is 5.32. The van der Waals surface area contributed by atoms with Crippen LogP contribution in [0.15, 0.2) is 30.3 Å². The third-order valence-corrected chi connectivity index (χ3v) is 5.41. The first kappa shape index (κ1) is 13.6. The Morgan fingerprint density at radius 1 is 1.23 bits per heavy atom. The second-order valence-corrected chi connectivity index (χ2v) is 6.81. The standard InChI is InChI=1S/C17H17NO3S/c1-11-3-2-8-18(11)17(19)16-7-6-15(22-16)12-4-5-13-14(9-12)21-10-20-13/h4-7,9,11H,2-3,8,10H2,1H3. The second-order valence-electron chi connectivity index (χ2n) is 5.72. The molecular formula is C17H17NO3S. The predicted octanol–water partition coefficient (Wildman–Crippen LogP) is 3.77. The lowest BCUT2D eigenvalue weighted by atomic mass is 10.1. The van der Waals surface area contributed by atoms with Gasteiger partial charge in [0.2, 0.25) is 6.79 Å². The summed E-state index contributed by atoms with van der Waals surface area (Å²) in [5, 5.41) is 0. The highest BCUT2D eigenvalue weighted by Crippen LogP contribution is 2.38. The van der Waals surface area contributed by atoms with E-state index in [4.69, 9.17) is 9.47 Å². The summed E-state index contributed by atoms with van der Waals surface area (Å²) in [7, 11) is 0. The van der Waals surface area contributed by atoms with Crippen molar-refractivity contribution >= 4 is 17.2 Å². The van der Waals surface area contributed by atoms with E-state index in [1.165, 1.54) is 0 Å². The van der Waals surface area contributed by atoms with Gasteiger partial charge in [-0.1, -0.05) is 0 Å². The first-order chi connectivity index (χ1) is 10.7. The van der Waals surface area contributed by atoms with Crippen molar-refractivity contribution < 1.29 is 14.3 Å². The van der Waals surface area contributed by atoms with Crippen molar-refractivity contribution in [3.63, 3.8) is 0 Å². The SMILES string of the molecule is CC1CCCN1C(=O)c1ccc(-c2ccc3c(c2)OCO3)s1. The minimum atomic E-state index is 0.155. The van der Waals surface area contributed by atoms with E-state index in [0.29, 0.717) is 6.04 Å². The summed E-state index contributed by atoms with van der Waals surface area (Å²) in [6, 6.07) is 10.2. The molecule has 0 N–H and O–H groups in total. The minimum Gasteiger partial charge on any atom is -0.454 e. The van der Waals surface area contributed by atoms with Crippen LogP contribution in [0.4, 0.5) is 0 Å². The Morgan fingerprint density at radius 2 is 2.09 bits per heavy atom. The highest BCUT2D eigenvalue weighted by atomic mass is 32.1. The van der Waals surface area contributed by atoms with Gasteiger partial charge in [-0.3, -0.25) is 4.79 Å². The highest BCUT2D eigenvalue weighted by molar-refractivity contribution is 7.17. The van der Waals surface area contributed by atoms with E-state index in [2.05, 4.69) is 6.92 Å². The molecule has 1 atom stereocenters. The molecule has 1 saturated heterocycles. The summed E-state index contributed by atoms with van der Waals surface area (Å²) in [4.78, 5) is 16.4. The van der Waals surface area contributed by atoms with Gasteiger partial charge in [-0.25, -0.2) is 0 Å². The van der Waals surface area contributed by atoms with Crippen LogP contribution in [0.25, 0.3) is 10.4 Å². The molecule has 1 aromatic carbocycles. The van der Waals surface area contributed by atoms with Crippen molar-refractivity contribution in [1.82, 2.24) is 4.90 Å². The van der Waals surface area contributed by atoms with E-state index in [9.17, 15) is 4.79 Å². The number of carbonyl (C=O) groups excluding carboxylic acids is 1. The van der Waals surface area contributed by atoms with Crippen molar-refractivity contribution in [2.24, 2.45) is 0 Å². The molecule has 22 heavy (non-hydrogen) atoms. The molecule has 0 spiro atoms. The molecule has 0 aliphatic carbocycles. The van der Waals surface area contributed by atoms with Crippen LogP contribution in [0.3, 0.4) is 0 Å². The fourth-order valence-electron chi connectivity index (χ4n) is 3.03. The molecule has 0 radical (unpaired) electrons. The Morgan fingerprint density at radius 3 is 2.91 bits per heavy atom. The number of hydrogen-bond acceptors (Lipinski definition) is 4. The molecule has 1 amide bonds. The van der Waals surface area contributed by atoms with Crippen LogP contribution >= 0.6 is 11.3 Å². The summed E-state index contributed by atoms with van der Waals surface area (Å²) in [5.74, 6) is 1.71. The zero-order chi connectivity index (χ0) is 15.1. The maximum Gasteiger partial charge on any atom is 0.264 e. The first-order valence-corrected chi connectivity index (χ1v) is 8.35. The lowest BCUT2D eigenvalue weighted by Gasteiger charge is -2.20. The molecule has 0 bridgehead atoms. The van der Waals surface area contributed by atoms with Gasteiger partial charge in [-0.05, 0) is 55.7 Å². The van der Waals surface area contributed by atoms with Crippen molar-refractivity contribution in [2.75, 3.05) is 13.3 Å². The zero-order valence-electron chi connectivity index (χ0n) is 12.4. The lowest BCUT2D eigenvalue weighted by Crippen LogP contribution is -2.32. The fourth-order valence-corrected chi connectivity index (χ4v) is 3.99. The zero-order valence-corrected chi connectivity index (χ0v) is 13.2. The summed E-state index contributed by atoms with van der Waals surface area (Å²) in [6.07, 6.45) is 2.21. The number of rotatable bonds is 2. The first-order valence-electron chi connectivity index (χ1n) is 7.53. The molecular weight excluding hydrogens is 298 g/mol. The molecule has 114 valence electrons. The van der Waals surface area contributed by atoms with E-state index < -0.39 is 0 Å². The van der Waals surface area contributed by atoms with Gasteiger partial charge in [0, 0.05) is 17.5 Å². The van der Waals surface area contributed by atoms with Crippen molar-refractivity contribution in [3.8, 4) is 21.9 Å². The summed E-state index contributed by atoms with van der Waals surface area (Å²) in [6.45, 7) is 3.27. The molecule has 5 heteroatoms. The normalized spacial score (nSPS) is 19.7. The van der Waals surface area contributed by atoms with Gasteiger partial charge in [0.05, 0.1) is 4.88 Å². The number of ether oxygens (including phenoxy) is 2. The number of fused-ring (bicyclic) bond motifs is 1. The smallest absolute Gasteiger partial charge is 0.264 e. The van der Waals surface area contributed by atoms with Gasteiger partial charge in [0.15, 0.2) is 11.5 Å². The number of benzene rings is 1. The molecule has 4 nitrogen and oxygen atoms in total. The van der Waals surface area contributed by atoms with Gasteiger partial charge in [0.25, 0.3) is 5.91 Å². The quantitative estimate of drug-likeness (QED) is 0.847. The van der Waals surface area contributed by atoms with Crippen molar-refractivity contribution in [2.45, 2.75) is 25.8 Å². The van der Waals surface area contributed by atoms with Crippen LogP contribution < -0.4 is 9.47 Å². The van der Waals surface area contributed by atoms with Crippen LogP contribution in [0.2, 0.25) is 0 Å². The van der Waals surface area contributed by atoms with Gasteiger partial charge >= 0.3 is 0 Å². The fraction of sp³-hybridized carbons (Fsp3) is 0.353. The Bertz CT molecular complexity index is 724. The molecule has 2 aromatic rings. The monoisotopic (exact) mass is 315 g/mol. The van der Waals surface area contributed by atoms with E-state index in [1.807, 2.05) is 35.2 Å². The van der Waals surface area contributed by atoms with Crippen LogP contribution in [0.5, 0.6) is 11.5 Å². The van der Waals surface area contributed by atoms with Crippen LogP contribution in [-0.4, -0.2) is 30.2 Å². The summed E-state index contributed by atoms with van der Waals surface area (Å²) >= 11 is 1.54. The number of thiophene rings is 1. The third kappa shape index (κ3) is 2.25. The maximum absolute atomic E-state index is 12.6. The van der Waals surface area contributed by atoms with E-state index in [1.54, 1.807) is 11.3 Å². The Labute approximate surface area is 133 Å². The Kier molecular flexibility index (Phi) is 3.30. The summed E-state index contributed by atoms with van der Waals surface area (Å²) < 4.78 is 10.7. The molecule has 2 aliphatic rings. The predicted molar refractivity (Wildman–Crippen MR) is 85.6 cm³/mol. The Balaban J connectivity index is 1.60. The molecule has 1 fully saturated rings. The topological polar surface area (TPSA) is 38.8 Å². The van der Waals surface area contributed by atoms with Crippen molar-refractivity contribution in [1.29, 1.82) is 0 Å². The maximum atomic E-state index is 12.6. The number of hydrogen-bond donors (Lipinski definition) is 0. The van der Waals surface area contributed by atoms with Gasteiger partial charge < -0.3 is 14.4 Å². The number of carbonyl (C=O) groups is 1. The van der Waals surface area contributed by atoms with Gasteiger partial charge in [0.1, 0.15) is 0 Å². The van der Waals surface area contributed by atoms with Gasteiger partial charge in [-0.2, -0.15) is 0 Å². The van der Waals surface area contributed by atoms with Crippen molar-refractivity contribution in [3.05, 3.63) is 35.2 Å². The minimum absolute atomic E-state index is 0.155. The average Bonchev–Trinajstić information content (AvgIpc) is 3.26. The molecule has 1 aromatic heterocycles. The van der Waals surface area contributed by atoms with Crippen LogP contribution in [0, 0.1) is 0 Å². The molecule has 2 aliphatic heterocycles. The lowest BCUT2D eigenvalue weighted by molar-refractivity contribution is 0.0752. The van der Waals surface area contributed by atoms with Crippen LogP contribution in [-0.2, 0) is 0 Å². The number of amides is 1. The number of nitrogens with zero attached hydrogens (tertiary/aromatic N) is 1. The molecule has 1 unspecified atom stereocenters. The molecule has 3 heterocycles. The third-order valence-electron chi connectivity index (χ3n) is 4.29. The van der Waals surface area contributed by atoms with E-state index in [0.717, 1.165) is 46.2 Å². The van der Waals surface area contributed by atoms with Crippen LogP contribution in [0.1, 0.15) is 29.4 Å². The van der Waals surface area contributed by atoms with Gasteiger partial charge in [-0.15, -0.1) is 11.3 Å². The Hall–Kier alpha value is -2.01. The number of likely N-dealkylation sites (tertiary alicyclic amines) is 1. The summed E-state index contributed by atoms with van der Waals surface area (Å²) in [5.41, 5.74) is 1.06.